The van der Waals surface area contributed by atoms with E-state index >= 15 is 0 Å². The van der Waals surface area contributed by atoms with Gasteiger partial charge in [-0.25, -0.2) is 13.2 Å². The van der Waals surface area contributed by atoms with Crippen molar-refractivity contribution in [1.29, 1.82) is 0 Å². The minimum Gasteiger partial charge on any atom is -0.210 e. The van der Waals surface area contributed by atoms with Gasteiger partial charge in [0, 0.05) is 0 Å². The summed E-state index contributed by atoms with van der Waals surface area (Å²) in [5.74, 6) is 0. The molecule has 4 nitrogen and oxygen atoms in total. The third kappa shape index (κ3) is 2.74. The molecule has 0 saturated heterocycles. The van der Waals surface area contributed by atoms with Crippen molar-refractivity contribution < 1.29 is 13.2 Å². The number of nitrogens with zero attached hydrogens (tertiary/aromatic N) is 1. The number of alkyl halides is 1. The monoisotopic (exact) mass is 155 g/mol. The summed E-state index contributed by atoms with van der Waals surface area (Å²) in [5.41, 5.74) is 0. The van der Waals surface area contributed by atoms with E-state index in [9.17, 15) is 13.2 Å². The van der Waals surface area contributed by atoms with Crippen LogP contribution < -0.4 is 0 Å². The highest BCUT2D eigenvalue weighted by Crippen LogP contribution is 1.91. The van der Waals surface area contributed by atoms with Gasteiger partial charge in [0.25, 0.3) is 16.1 Å². The van der Waals surface area contributed by atoms with Gasteiger partial charge in [0.2, 0.25) is 0 Å². The van der Waals surface area contributed by atoms with Crippen LogP contribution >= 0.6 is 11.6 Å². The summed E-state index contributed by atoms with van der Waals surface area (Å²) < 4.78 is 22.5. The molecule has 46 valence electrons. The molecular formula is C2H2ClNO3S. The van der Waals surface area contributed by atoms with E-state index in [-0.39, 0.29) is 0 Å². The van der Waals surface area contributed by atoms with Gasteiger partial charge in [-0.3, -0.25) is 0 Å². The van der Waals surface area contributed by atoms with Crippen LogP contribution in [0, 0.1) is 0 Å². The van der Waals surface area contributed by atoms with Gasteiger partial charge < -0.3 is 0 Å². The highest BCUT2D eigenvalue weighted by Gasteiger charge is 2.02. The molecule has 0 heterocycles. The first-order chi connectivity index (χ1) is 3.62. The SMILES string of the molecule is O=C=NS(=O)(=O)CCl. The lowest BCUT2D eigenvalue weighted by Gasteiger charge is -1.79. The van der Waals surface area contributed by atoms with Gasteiger partial charge in [0.1, 0.15) is 5.21 Å². The summed E-state index contributed by atoms with van der Waals surface area (Å²) in [6, 6.07) is 0. The van der Waals surface area contributed by atoms with Gasteiger partial charge in [-0.15, -0.1) is 11.6 Å². The minimum absolute atomic E-state index is 0.678. The molecule has 0 atom stereocenters. The third-order valence-corrected chi connectivity index (χ3v) is 1.77. The number of hydrogen-bond donors (Lipinski definition) is 0. The molecule has 0 amide bonds. The van der Waals surface area contributed by atoms with Crippen molar-refractivity contribution in [2.24, 2.45) is 4.40 Å². The van der Waals surface area contributed by atoms with E-state index in [0.717, 1.165) is 6.08 Å². The van der Waals surface area contributed by atoms with Crippen molar-refractivity contribution in [1.82, 2.24) is 0 Å². The Labute approximate surface area is 51.2 Å². The maximum atomic E-state index is 10.0. The molecule has 6 heteroatoms. The fraction of sp³-hybridized carbons (Fsp3) is 0.500. The molecule has 0 aromatic carbocycles. The summed E-state index contributed by atoms with van der Waals surface area (Å²) in [6.45, 7) is 0. The molecule has 0 aromatic rings. The zero-order chi connectivity index (χ0) is 6.62. The molecule has 8 heavy (non-hydrogen) atoms. The number of carbonyl (C=O) groups excluding carboxylic acids is 1. The highest BCUT2D eigenvalue weighted by molar-refractivity contribution is 7.91. The molecule has 0 aliphatic rings. The fourth-order valence-corrected chi connectivity index (χ4v) is 0.390. The first kappa shape index (κ1) is 7.62. The van der Waals surface area contributed by atoms with Gasteiger partial charge in [-0.1, -0.05) is 4.40 Å². The average molecular weight is 156 g/mol. The first-order valence-electron chi connectivity index (χ1n) is 1.50. The Kier molecular flexibility index (Phi) is 2.68. The van der Waals surface area contributed by atoms with Gasteiger partial charge in [0.05, 0.1) is 0 Å². The zero-order valence-corrected chi connectivity index (χ0v) is 5.24. The van der Waals surface area contributed by atoms with Crippen molar-refractivity contribution in [2.75, 3.05) is 5.21 Å². The molecule has 0 aromatic heterocycles. The lowest BCUT2D eigenvalue weighted by molar-refractivity contribution is 0.564. The molecule has 0 aliphatic heterocycles. The van der Waals surface area contributed by atoms with E-state index in [2.05, 4.69) is 4.40 Å². The van der Waals surface area contributed by atoms with Crippen LogP contribution in [0.5, 0.6) is 0 Å². The van der Waals surface area contributed by atoms with Gasteiger partial charge >= 0.3 is 0 Å². The second-order valence-corrected chi connectivity index (χ2v) is 3.09. The van der Waals surface area contributed by atoms with Crippen molar-refractivity contribution in [3.8, 4) is 0 Å². The van der Waals surface area contributed by atoms with Crippen LogP contribution in [0.4, 0.5) is 0 Å². The van der Waals surface area contributed by atoms with E-state index < -0.39 is 15.2 Å². The number of isocyanates is 1. The van der Waals surface area contributed by atoms with E-state index in [1.807, 2.05) is 0 Å². The summed E-state index contributed by atoms with van der Waals surface area (Å²) >= 11 is 4.81. The Balaban J connectivity index is 4.41. The minimum atomic E-state index is -3.70. The van der Waals surface area contributed by atoms with Crippen molar-refractivity contribution in [3.63, 3.8) is 0 Å². The summed E-state index contributed by atoms with van der Waals surface area (Å²) in [6.07, 6.45) is 0.861. The normalized spacial score (nSPS) is 10.1. The molecule has 0 fully saturated rings. The highest BCUT2D eigenvalue weighted by atomic mass is 35.5. The largest absolute Gasteiger partial charge is 0.277 e. The van der Waals surface area contributed by atoms with Crippen molar-refractivity contribution >= 4 is 27.7 Å². The Morgan fingerprint density at radius 3 is 2.25 bits per heavy atom. The molecule has 0 unspecified atom stereocenters. The maximum Gasteiger partial charge on any atom is 0.277 e. The summed E-state index contributed by atoms with van der Waals surface area (Å²) in [4.78, 5) is 9.25. The molecule has 0 bridgehead atoms. The number of rotatable bonds is 2. The molecule has 0 aliphatic carbocycles. The molecule has 0 rings (SSSR count). The molecule has 0 spiro atoms. The van der Waals surface area contributed by atoms with E-state index in [4.69, 9.17) is 11.6 Å². The maximum absolute atomic E-state index is 10.0. The van der Waals surface area contributed by atoms with E-state index in [1.54, 1.807) is 0 Å². The zero-order valence-electron chi connectivity index (χ0n) is 3.67. The predicted octanol–water partition coefficient (Wildman–Crippen LogP) is -0.152. The Morgan fingerprint density at radius 2 is 2.12 bits per heavy atom. The molecular weight excluding hydrogens is 154 g/mol. The van der Waals surface area contributed by atoms with Crippen molar-refractivity contribution in [3.05, 3.63) is 0 Å². The lowest BCUT2D eigenvalue weighted by Crippen LogP contribution is -1.93. The average Bonchev–Trinajstić information content (AvgIpc) is 1.67. The second kappa shape index (κ2) is 2.81. The van der Waals surface area contributed by atoms with Crippen LogP contribution in [-0.2, 0) is 14.8 Å². The van der Waals surface area contributed by atoms with E-state index in [0.29, 0.717) is 0 Å². The predicted molar refractivity (Wildman–Crippen MR) is 27.8 cm³/mol. The standard InChI is InChI=1S/C2H2ClNO3S/c3-1-8(6,7)4-2-5/h1H2. The molecule has 0 N–H and O–H groups in total. The number of halogens is 1. The van der Waals surface area contributed by atoms with Crippen LogP contribution in [0.2, 0.25) is 0 Å². The van der Waals surface area contributed by atoms with E-state index in [1.165, 1.54) is 0 Å². The van der Waals surface area contributed by atoms with Crippen LogP contribution in [0.3, 0.4) is 0 Å². The Morgan fingerprint density at radius 1 is 1.62 bits per heavy atom. The first-order valence-corrected chi connectivity index (χ1v) is 3.64. The second-order valence-electron chi connectivity index (χ2n) is 0.874. The van der Waals surface area contributed by atoms with Gasteiger partial charge in [-0.2, -0.15) is 0 Å². The quantitative estimate of drug-likeness (QED) is 0.317. The Bertz CT molecular complexity index is 201. The summed E-state index contributed by atoms with van der Waals surface area (Å²) in [7, 11) is -3.70. The Hall–Kier alpha value is -0.380. The number of sulfonamides is 1. The van der Waals surface area contributed by atoms with Gasteiger partial charge in [0.15, 0.2) is 0 Å². The summed E-state index contributed by atoms with van der Waals surface area (Å²) in [5, 5.41) is -0.678. The fourth-order valence-electron chi connectivity index (χ4n) is 0.0812. The van der Waals surface area contributed by atoms with Crippen LogP contribution in [-0.4, -0.2) is 19.7 Å². The van der Waals surface area contributed by atoms with Gasteiger partial charge in [-0.05, 0) is 0 Å². The van der Waals surface area contributed by atoms with Crippen LogP contribution in [0.15, 0.2) is 4.40 Å². The van der Waals surface area contributed by atoms with Crippen LogP contribution in [0.1, 0.15) is 0 Å². The van der Waals surface area contributed by atoms with Crippen LogP contribution in [0.25, 0.3) is 0 Å². The van der Waals surface area contributed by atoms with Crippen molar-refractivity contribution in [2.45, 2.75) is 0 Å². The third-order valence-electron chi connectivity index (χ3n) is 0.314. The topological polar surface area (TPSA) is 63.6 Å². The lowest BCUT2D eigenvalue weighted by atomic mass is 11.7. The number of hydrogen-bond acceptors (Lipinski definition) is 3. The molecule has 0 radical (unpaired) electrons. The molecule has 0 saturated carbocycles. The smallest absolute Gasteiger partial charge is 0.210 e.